The van der Waals surface area contributed by atoms with Crippen molar-refractivity contribution in [2.45, 2.75) is 59.3 Å². The Hall–Kier alpha value is -0.770. The van der Waals surface area contributed by atoms with E-state index in [4.69, 9.17) is 9.73 Å². The molecule has 1 fully saturated rings. The second-order valence-corrected chi connectivity index (χ2v) is 6.07. The van der Waals surface area contributed by atoms with Crippen LogP contribution in [0.25, 0.3) is 0 Å². The number of aliphatic imine (C=N–C) groups is 1. The fourth-order valence-electron chi connectivity index (χ4n) is 2.89. The Balaban J connectivity index is 2.25. The summed E-state index contributed by atoms with van der Waals surface area (Å²) in [6, 6.07) is 0. The second kappa shape index (κ2) is 11.8. The molecule has 2 unspecified atom stereocenters. The fourth-order valence-corrected chi connectivity index (χ4v) is 2.89. The van der Waals surface area contributed by atoms with Gasteiger partial charge in [0.15, 0.2) is 5.96 Å². The molecule has 124 valence electrons. The van der Waals surface area contributed by atoms with Crippen molar-refractivity contribution >= 4 is 5.96 Å². The number of hydrogen-bond donors (Lipinski definition) is 2. The lowest BCUT2D eigenvalue weighted by Gasteiger charge is -2.27. The van der Waals surface area contributed by atoms with Crippen LogP contribution in [0.5, 0.6) is 0 Å². The van der Waals surface area contributed by atoms with Gasteiger partial charge in [-0.15, -0.1) is 0 Å². The van der Waals surface area contributed by atoms with Gasteiger partial charge in [-0.25, -0.2) is 0 Å². The van der Waals surface area contributed by atoms with E-state index in [1.165, 1.54) is 25.7 Å². The number of hydrogen-bond acceptors (Lipinski definition) is 2. The zero-order valence-electron chi connectivity index (χ0n) is 14.3. The van der Waals surface area contributed by atoms with Crippen molar-refractivity contribution in [1.29, 1.82) is 0 Å². The van der Waals surface area contributed by atoms with Crippen molar-refractivity contribution < 1.29 is 4.74 Å². The Kier molecular flexibility index (Phi) is 10.3. The molecule has 0 aromatic heterocycles. The van der Waals surface area contributed by atoms with Gasteiger partial charge in [-0.2, -0.15) is 0 Å². The Morgan fingerprint density at radius 3 is 2.67 bits per heavy atom. The van der Waals surface area contributed by atoms with Gasteiger partial charge in [-0.1, -0.05) is 26.2 Å². The van der Waals surface area contributed by atoms with Crippen molar-refractivity contribution in [2.24, 2.45) is 16.8 Å². The first kappa shape index (κ1) is 18.3. The molecule has 0 aliphatic heterocycles. The average molecular weight is 297 g/mol. The van der Waals surface area contributed by atoms with E-state index >= 15 is 0 Å². The maximum atomic E-state index is 5.35. The van der Waals surface area contributed by atoms with E-state index < -0.39 is 0 Å². The van der Waals surface area contributed by atoms with E-state index in [0.29, 0.717) is 0 Å². The summed E-state index contributed by atoms with van der Waals surface area (Å²) in [5, 5.41) is 6.78. The van der Waals surface area contributed by atoms with Crippen molar-refractivity contribution in [3.63, 3.8) is 0 Å². The van der Waals surface area contributed by atoms with Gasteiger partial charge in [-0.3, -0.25) is 4.99 Å². The maximum absolute atomic E-state index is 5.35. The summed E-state index contributed by atoms with van der Waals surface area (Å²) in [4.78, 5) is 4.78. The van der Waals surface area contributed by atoms with Crippen molar-refractivity contribution in [3.05, 3.63) is 0 Å². The van der Waals surface area contributed by atoms with Crippen molar-refractivity contribution in [2.75, 3.05) is 32.8 Å². The lowest BCUT2D eigenvalue weighted by molar-refractivity contribution is 0.143. The molecular weight excluding hydrogens is 262 g/mol. The van der Waals surface area contributed by atoms with Crippen LogP contribution in [0.3, 0.4) is 0 Å². The molecule has 2 atom stereocenters. The van der Waals surface area contributed by atoms with Gasteiger partial charge in [0, 0.05) is 32.8 Å². The summed E-state index contributed by atoms with van der Waals surface area (Å²) >= 11 is 0. The summed E-state index contributed by atoms with van der Waals surface area (Å²) in [5.41, 5.74) is 0. The highest BCUT2D eigenvalue weighted by atomic mass is 16.5. The van der Waals surface area contributed by atoms with E-state index in [2.05, 4.69) is 24.5 Å². The molecule has 0 heterocycles. The van der Waals surface area contributed by atoms with Gasteiger partial charge >= 0.3 is 0 Å². The van der Waals surface area contributed by atoms with Gasteiger partial charge in [0.2, 0.25) is 0 Å². The molecule has 1 aliphatic carbocycles. The minimum absolute atomic E-state index is 0.771. The van der Waals surface area contributed by atoms with Crippen LogP contribution in [0.2, 0.25) is 0 Å². The lowest BCUT2D eigenvalue weighted by atomic mass is 9.80. The number of nitrogens with one attached hydrogen (secondary N) is 2. The SMILES string of the molecule is CCNC(=NCC1CCCCC1C)NCCCCOCC. The summed E-state index contributed by atoms with van der Waals surface area (Å²) < 4.78 is 5.35. The van der Waals surface area contributed by atoms with Gasteiger partial charge in [0.25, 0.3) is 0 Å². The van der Waals surface area contributed by atoms with E-state index in [9.17, 15) is 0 Å². The molecule has 2 N–H and O–H groups in total. The maximum Gasteiger partial charge on any atom is 0.191 e. The monoisotopic (exact) mass is 297 g/mol. The van der Waals surface area contributed by atoms with E-state index in [1.54, 1.807) is 0 Å². The third kappa shape index (κ3) is 8.30. The average Bonchev–Trinajstić information content (AvgIpc) is 2.49. The molecule has 0 saturated heterocycles. The number of guanidine groups is 1. The molecule has 0 aromatic rings. The molecule has 0 spiro atoms. The predicted octanol–water partition coefficient (Wildman–Crippen LogP) is 3.18. The zero-order valence-corrected chi connectivity index (χ0v) is 14.3. The summed E-state index contributed by atoms with van der Waals surface area (Å²) in [6.07, 6.45) is 7.75. The largest absolute Gasteiger partial charge is 0.382 e. The summed E-state index contributed by atoms with van der Waals surface area (Å²) in [7, 11) is 0. The van der Waals surface area contributed by atoms with Gasteiger partial charge in [0.1, 0.15) is 0 Å². The second-order valence-electron chi connectivity index (χ2n) is 6.07. The van der Waals surface area contributed by atoms with Crippen molar-refractivity contribution in [3.8, 4) is 0 Å². The molecule has 0 aromatic carbocycles. The molecule has 1 aliphatic rings. The van der Waals surface area contributed by atoms with E-state index in [0.717, 1.165) is 63.5 Å². The van der Waals surface area contributed by atoms with Crippen LogP contribution in [0, 0.1) is 11.8 Å². The van der Waals surface area contributed by atoms with Gasteiger partial charge < -0.3 is 15.4 Å². The zero-order chi connectivity index (χ0) is 15.3. The first-order valence-corrected chi connectivity index (χ1v) is 8.87. The van der Waals surface area contributed by atoms with Crippen molar-refractivity contribution in [1.82, 2.24) is 10.6 Å². The van der Waals surface area contributed by atoms with E-state index in [-0.39, 0.29) is 0 Å². The molecule has 1 saturated carbocycles. The quantitative estimate of drug-likeness (QED) is 0.390. The Labute approximate surface area is 131 Å². The molecule has 1 rings (SSSR count). The first-order chi connectivity index (χ1) is 10.3. The smallest absolute Gasteiger partial charge is 0.191 e. The fraction of sp³-hybridized carbons (Fsp3) is 0.941. The highest BCUT2D eigenvalue weighted by Crippen LogP contribution is 2.29. The number of ether oxygens (including phenoxy) is 1. The van der Waals surface area contributed by atoms with Crippen LogP contribution < -0.4 is 10.6 Å². The minimum Gasteiger partial charge on any atom is -0.382 e. The molecule has 0 amide bonds. The Morgan fingerprint density at radius 1 is 1.14 bits per heavy atom. The van der Waals surface area contributed by atoms with Crippen LogP contribution in [-0.4, -0.2) is 38.8 Å². The molecular formula is C17H35N3O. The highest BCUT2D eigenvalue weighted by Gasteiger charge is 2.20. The Bertz CT molecular complexity index is 281. The molecule has 21 heavy (non-hydrogen) atoms. The van der Waals surface area contributed by atoms with Crippen LogP contribution >= 0.6 is 0 Å². The molecule has 0 radical (unpaired) electrons. The van der Waals surface area contributed by atoms with Crippen LogP contribution in [0.4, 0.5) is 0 Å². The van der Waals surface area contributed by atoms with Crippen LogP contribution in [0.15, 0.2) is 4.99 Å². The van der Waals surface area contributed by atoms with Crippen LogP contribution in [0.1, 0.15) is 59.3 Å². The standard InChI is InChI=1S/C17H35N3O/c1-4-18-17(19-12-8-9-13-21-5-2)20-14-16-11-7-6-10-15(16)3/h15-16H,4-14H2,1-3H3,(H2,18,19,20). The minimum atomic E-state index is 0.771. The van der Waals surface area contributed by atoms with E-state index in [1.807, 2.05) is 6.92 Å². The molecule has 4 nitrogen and oxygen atoms in total. The normalized spacial score (nSPS) is 23.1. The topological polar surface area (TPSA) is 45.7 Å². The van der Waals surface area contributed by atoms with Crippen LogP contribution in [-0.2, 0) is 4.74 Å². The summed E-state index contributed by atoms with van der Waals surface area (Å²) in [5.74, 6) is 2.58. The van der Waals surface area contributed by atoms with Gasteiger partial charge in [-0.05, 0) is 44.9 Å². The third-order valence-corrected chi connectivity index (χ3v) is 4.33. The number of rotatable bonds is 9. The third-order valence-electron chi connectivity index (χ3n) is 4.33. The first-order valence-electron chi connectivity index (χ1n) is 8.87. The Morgan fingerprint density at radius 2 is 1.95 bits per heavy atom. The highest BCUT2D eigenvalue weighted by molar-refractivity contribution is 5.79. The predicted molar refractivity (Wildman–Crippen MR) is 90.8 cm³/mol. The number of nitrogens with zero attached hydrogens (tertiary/aromatic N) is 1. The number of unbranched alkanes of at least 4 members (excludes halogenated alkanes) is 1. The molecule has 0 bridgehead atoms. The van der Waals surface area contributed by atoms with Gasteiger partial charge in [0.05, 0.1) is 0 Å². The summed E-state index contributed by atoms with van der Waals surface area (Å²) in [6.45, 7) is 11.1. The molecule has 4 heteroatoms. The lowest BCUT2D eigenvalue weighted by Crippen LogP contribution is -2.38.